The van der Waals surface area contributed by atoms with Crippen LogP contribution in [0.5, 0.6) is 0 Å². The summed E-state index contributed by atoms with van der Waals surface area (Å²) in [5, 5.41) is 14.4. The fourth-order valence-electron chi connectivity index (χ4n) is 1.87. The largest absolute Gasteiger partial charge is 0.409 e. The van der Waals surface area contributed by atoms with Crippen molar-refractivity contribution in [3.8, 4) is 0 Å². The number of hydrogen-bond donors (Lipinski definition) is 3. The Hall–Kier alpha value is -2.04. The third-order valence-electron chi connectivity index (χ3n) is 2.85. The molecule has 0 radical (unpaired) electrons. The molecule has 1 atom stereocenters. The minimum atomic E-state index is 0.0116. The molecule has 5 nitrogen and oxygen atoms in total. The molecule has 0 fully saturated rings. The van der Waals surface area contributed by atoms with Crippen molar-refractivity contribution in [1.29, 1.82) is 0 Å². The summed E-state index contributed by atoms with van der Waals surface area (Å²) >= 11 is 0. The standard InChI is InChI=1S/C14H21N3O2/c1-3-4-10(2)16-13(18)9-11-5-7-12(8-6-11)14(15)17-19/h5-8,10,19H,3-4,9H2,1-2H3,(H2,15,17)(H,16,18). The van der Waals surface area contributed by atoms with Crippen LogP contribution in [0.25, 0.3) is 0 Å². The Bertz CT molecular complexity index is 441. The summed E-state index contributed by atoms with van der Waals surface area (Å²) in [5.41, 5.74) is 6.99. The molecule has 1 aromatic carbocycles. The topological polar surface area (TPSA) is 87.7 Å². The molecule has 1 amide bonds. The van der Waals surface area contributed by atoms with E-state index in [9.17, 15) is 4.79 Å². The van der Waals surface area contributed by atoms with Gasteiger partial charge in [0.05, 0.1) is 6.42 Å². The lowest BCUT2D eigenvalue weighted by Gasteiger charge is -2.12. The van der Waals surface area contributed by atoms with Gasteiger partial charge >= 0.3 is 0 Å². The van der Waals surface area contributed by atoms with Crippen LogP contribution in [-0.4, -0.2) is 23.0 Å². The molecule has 0 aliphatic heterocycles. The first-order chi connectivity index (χ1) is 9.06. The molecule has 5 heteroatoms. The van der Waals surface area contributed by atoms with Crippen LogP contribution in [0.4, 0.5) is 0 Å². The number of amides is 1. The number of carbonyl (C=O) groups is 1. The maximum atomic E-state index is 11.8. The molecule has 0 aliphatic rings. The zero-order valence-electron chi connectivity index (χ0n) is 11.4. The van der Waals surface area contributed by atoms with E-state index in [2.05, 4.69) is 17.4 Å². The highest BCUT2D eigenvalue weighted by Crippen LogP contribution is 2.05. The number of benzene rings is 1. The predicted molar refractivity (Wildman–Crippen MR) is 75.2 cm³/mol. The highest BCUT2D eigenvalue weighted by Gasteiger charge is 2.07. The molecule has 1 rings (SSSR count). The Balaban J connectivity index is 2.56. The van der Waals surface area contributed by atoms with Crippen molar-refractivity contribution in [3.05, 3.63) is 35.4 Å². The van der Waals surface area contributed by atoms with Gasteiger partial charge < -0.3 is 16.3 Å². The molecule has 0 aliphatic carbocycles. The number of hydrogen-bond acceptors (Lipinski definition) is 3. The van der Waals surface area contributed by atoms with E-state index in [0.29, 0.717) is 12.0 Å². The predicted octanol–water partition coefficient (Wildman–Crippen LogP) is 1.63. The van der Waals surface area contributed by atoms with Gasteiger partial charge in [0.25, 0.3) is 0 Å². The maximum absolute atomic E-state index is 11.8. The first-order valence-electron chi connectivity index (χ1n) is 6.43. The number of amidine groups is 1. The van der Waals surface area contributed by atoms with E-state index in [1.807, 2.05) is 6.92 Å². The lowest BCUT2D eigenvalue weighted by molar-refractivity contribution is -0.121. The molecule has 0 bridgehead atoms. The fraction of sp³-hybridized carbons (Fsp3) is 0.429. The summed E-state index contributed by atoms with van der Waals surface area (Å²) in [4.78, 5) is 11.8. The Morgan fingerprint density at radius 2 is 2.05 bits per heavy atom. The number of nitrogens with one attached hydrogen (secondary N) is 1. The van der Waals surface area contributed by atoms with Crippen molar-refractivity contribution in [2.24, 2.45) is 10.9 Å². The van der Waals surface area contributed by atoms with Gasteiger partial charge in [0.2, 0.25) is 5.91 Å². The van der Waals surface area contributed by atoms with Crippen LogP contribution in [0.1, 0.15) is 37.8 Å². The third kappa shape index (κ3) is 4.99. The van der Waals surface area contributed by atoms with E-state index >= 15 is 0 Å². The average Bonchev–Trinajstić information content (AvgIpc) is 2.38. The van der Waals surface area contributed by atoms with E-state index in [1.54, 1.807) is 24.3 Å². The normalized spacial score (nSPS) is 13.1. The van der Waals surface area contributed by atoms with Crippen molar-refractivity contribution >= 4 is 11.7 Å². The summed E-state index contributed by atoms with van der Waals surface area (Å²) in [6.07, 6.45) is 2.37. The zero-order valence-corrected chi connectivity index (χ0v) is 11.4. The lowest BCUT2D eigenvalue weighted by Crippen LogP contribution is -2.33. The molecular formula is C14H21N3O2. The molecule has 19 heavy (non-hydrogen) atoms. The Labute approximate surface area is 113 Å². The van der Waals surface area contributed by atoms with E-state index in [0.717, 1.165) is 18.4 Å². The third-order valence-corrected chi connectivity index (χ3v) is 2.85. The average molecular weight is 263 g/mol. The van der Waals surface area contributed by atoms with Gasteiger partial charge in [-0.1, -0.05) is 42.8 Å². The zero-order chi connectivity index (χ0) is 14.3. The summed E-state index contributed by atoms with van der Waals surface area (Å²) < 4.78 is 0. The Kier molecular flexibility index (Phi) is 5.85. The van der Waals surface area contributed by atoms with Gasteiger partial charge in [-0.25, -0.2) is 0 Å². The Morgan fingerprint density at radius 1 is 1.42 bits per heavy atom. The van der Waals surface area contributed by atoms with E-state index in [4.69, 9.17) is 10.9 Å². The number of carbonyl (C=O) groups excluding carboxylic acids is 1. The summed E-state index contributed by atoms with van der Waals surface area (Å²) in [5.74, 6) is 0.0741. The van der Waals surface area contributed by atoms with Gasteiger partial charge in [-0.3, -0.25) is 4.79 Å². The van der Waals surface area contributed by atoms with Gasteiger partial charge in [-0.15, -0.1) is 0 Å². The minimum Gasteiger partial charge on any atom is -0.409 e. The molecule has 0 heterocycles. The van der Waals surface area contributed by atoms with Gasteiger partial charge in [-0.2, -0.15) is 0 Å². The van der Waals surface area contributed by atoms with Crippen LogP contribution in [0.3, 0.4) is 0 Å². The van der Waals surface area contributed by atoms with E-state index in [-0.39, 0.29) is 17.8 Å². The van der Waals surface area contributed by atoms with Crippen LogP contribution >= 0.6 is 0 Å². The van der Waals surface area contributed by atoms with Crippen LogP contribution in [0.15, 0.2) is 29.4 Å². The lowest BCUT2D eigenvalue weighted by atomic mass is 10.1. The van der Waals surface area contributed by atoms with Gasteiger partial charge in [0.1, 0.15) is 0 Å². The second-order valence-corrected chi connectivity index (χ2v) is 4.62. The Morgan fingerprint density at radius 3 is 2.58 bits per heavy atom. The molecule has 0 saturated carbocycles. The van der Waals surface area contributed by atoms with E-state index < -0.39 is 0 Å². The van der Waals surface area contributed by atoms with Crippen molar-refractivity contribution < 1.29 is 10.0 Å². The molecule has 0 spiro atoms. The monoisotopic (exact) mass is 263 g/mol. The van der Waals surface area contributed by atoms with Crippen LogP contribution in [0.2, 0.25) is 0 Å². The molecule has 1 unspecified atom stereocenters. The summed E-state index contributed by atoms with van der Waals surface area (Å²) in [6.45, 7) is 4.09. The van der Waals surface area contributed by atoms with Gasteiger partial charge in [0, 0.05) is 11.6 Å². The number of oxime groups is 1. The number of nitrogens with two attached hydrogens (primary N) is 1. The van der Waals surface area contributed by atoms with Crippen LogP contribution in [-0.2, 0) is 11.2 Å². The second-order valence-electron chi connectivity index (χ2n) is 4.62. The van der Waals surface area contributed by atoms with E-state index in [1.165, 1.54) is 0 Å². The molecule has 4 N–H and O–H groups in total. The first kappa shape index (κ1) is 15.0. The highest BCUT2D eigenvalue weighted by atomic mass is 16.4. The molecule has 1 aromatic rings. The van der Waals surface area contributed by atoms with Crippen molar-refractivity contribution in [1.82, 2.24) is 5.32 Å². The van der Waals surface area contributed by atoms with Crippen LogP contribution in [0, 0.1) is 0 Å². The summed E-state index contributed by atoms with van der Waals surface area (Å²) in [6, 6.07) is 7.27. The fourth-order valence-corrected chi connectivity index (χ4v) is 1.87. The maximum Gasteiger partial charge on any atom is 0.224 e. The van der Waals surface area contributed by atoms with Crippen molar-refractivity contribution in [2.45, 2.75) is 39.2 Å². The highest BCUT2D eigenvalue weighted by molar-refractivity contribution is 5.97. The van der Waals surface area contributed by atoms with Crippen molar-refractivity contribution in [3.63, 3.8) is 0 Å². The molecule has 0 saturated heterocycles. The van der Waals surface area contributed by atoms with Gasteiger partial charge in [0.15, 0.2) is 5.84 Å². The SMILES string of the molecule is CCCC(C)NC(=O)Cc1ccc(C(N)=NO)cc1. The number of nitrogens with zero attached hydrogens (tertiary/aromatic N) is 1. The minimum absolute atomic E-state index is 0.0116. The molecular weight excluding hydrogens is 242 g/mol. The second kappa shape index (κ2) is 7.41. The van der Waals surface area contributed by atoms with Crippen molar-refractivity contribution in [2.75, 3.05) is 0 Å². The van der Waals surface area contributed by atoms with Gasteiger partial charge in [-0.05, 0) is 18.9 Å². The quantitative estimate of drug-likeness (QED) is 0.315. The molecule has 0 aromatic heterocycles. The van der Waals surface area contributed by atoms with Crippen LogP contribution < -0.4 is 11.1 Å². The number of rotatable bonds is 6. The molecule has 104 valence electrons. The first-order valence-corrected chi connectivity index (χ1v) is 6.43. The summed E-state index contributed by atoms with van der Waals surface area (Å²) in [7, 11) is 0. The smallest absolute Gasteiger partial charge is 0.224 e.